The SMILES string of the molecule is CC(C)OCCCNC(=O)[C@@H]1CCCN(S(=O)(=O)c2cccs2)C1. The number of carbonyl (C=O) groups is 1. The molecular weight excluding hydrogens is 348 g/mol. The molecule has 8 heteroatoms. The van der Waals surface area contributed by atoms with E-state index >= 15 is 0 Å². The van der Waals surface area contributed by atoms with Gasteiger partial charge in [0.2, 0.25) is 5.91 Å². The van der Waals surface area contributed by atoms with Gasteiger partial charge in [-0.25, -0.2) is 8.42 Å². The van der Waals surface area contributed by atoms with E-state index in [9.17, 15) is 13.2 Å². The number of amides is 1. The van der Waals surface area contributed by atoms with Crippen molar-refractivity contribution in [3.63, 3.8) is 0 Å². The number of ether oxygens (including phenoxy) is 1. The van der Waals surface area contributed by atoms with E-state index in [1.54, 1.807) is 17.5 Å². The molecule has 2 heterocycles. The molecule has 0 unspecified atom stereocenters. The second-order valence-electron chi connectivity index (χ2n) is 6.20. The van der Waals surface area contributed by atoms with Crippen molar-refractivity contribution in [2.45, 2.75) is 43.4 Å². The van der Waals surface area contributed by atoms with Crippen LogP contribution in [0.4, 0.5) is 0 Å². The first kappa shape index (κ1) is 19.4. The largest absolute Gasteiger partial charge is 0.379 e. The number of piperidine rings is 1. The van der Waals surface area contributed by atoms with Crippen LogP contribution in [0, 0.1) is 5.92 Å². The zero-order valence-corrected chi connectivity index (χ0v) is 15.9. The third-order valence-corrected chi connectivity index (χ3v) is 7.15. The Kier molecular flexibility index (Phi) is 7.21. The molecule has 1 aromatic heterocycles. The van der Waals surface area contributed by atoms with E-state index in [2.05, 4.69) is 5.32 Å². The van der Waals surface area contributed by atoms with Crippen LogP contribution in [0.1, 0.15) is 33.1 Å². The van der Waals surface area contributed by atoms with Crippen molar-refractivity contribution in [2.75, 3.05) is 26.2 Å². The van der Waals surface area contributed by atoms with Gasteiger partial charge in [0.05, 0.1) is 12.0 Å². The van der Waals surface area contributed by atoms with Gasteiger partial charge in [-0.2, -0.15) is 4.31 Å². The monoisotopic (exact) mass is 374 g/mol. The smallest absolute Gasteiger partial charge is 0.252 e. The van der Waals surface area contributed by atoms with Crippen molar-refractivity contribution in [1.82, 2.24) is 9.62 Å². The van der Waals surface area contributed by atoms with Crippen LogP contribution in [0.25, 0.3) is 0 Å². The van der Waals surface area contributed by atoms with Gasteiger partial charge in [-0.1, -0.05) is 6.07 Å². The minimum Gasteiger partial charge on any atom is -0.379 e. The highest BCUT2D eigenvalue weighted by Gasteiger charge is 2.33. The summed E-state index contributed by atoms with van der Waals surface area (Å²) in [5.41, 5.74) is 0. The van der Waals surface area contributed by atoms with Crippen LogP contribution in [0.15, 0.2) is 21.7 Å². The van der Waals surface area contributed by atoms with Crippen LogP contribution < -0.4 is 5.32 Å². The topological polar surface area (TPSA) is 75.7 Å². The molecule has 136 valence electrons. The number of rotatable bonds is 8. The first-order chi connectivity index (χ1) is 11.4. The Balaban J connectivity index is 1.83. The molecule has 1 N–H and O–H groups in total. The predicted molar refractivity (Wildman–Crippen MR) is 94.5 cm³/mol. The van der Waals surface area contributed by atoms with Crippen molar-refractivity contribution in [3.8, 4) is 0 Å². The Morgan fingerprint density at radius 3 is 2.96 bits per heavy atom. The number of thiophene rings is 1. The molecule has 6 nitrogen and oxygen atoms in total. The molecule has 1 atom stereocenters. The number of sulfonamides is 1. The van der Waals surface area contributed by atoms with Gasteiger partial charge in [0.1, 0.15) is 4.21 Å². The minimum absolute atomic E-state index is 0.0642. The summed E-state index contributed by atoms with van der Waals surface area (Å²) >= 11 is 1.21. The number of hydrogen-bond donors (Lipinski definition) is 1. The summed E-state index contributed by atoms with van der Waals surface area (Å²) in [4.78, 5) is 12.3. The zero-order valence-electron chi connectivity index (χ0n) is 14.2. The van der Waals surface area contributed by atoms with Gasteiger partial charge >= 0.3 is 0 Å². The Bertz CT molecular complexity index is 614. The van der Waals surface area contributed by atoms with Crippen LogP contribution in [-0.2, 0) is 19.6 Å². The van der Waals surface area contributed by atoms with E-state index in [1.165, 1.54) is 15.6 Å². The fourth-order valence-electron chi connectivity index (χ4n) is 2.66. The molecule has 2 rings (SSSR count). The Morgan fingerprint density at radius 1 is 1.50 bits per heavy atom. The predicted octanol–water partition coefficient (Wildman–Crippen LogP) is 2.08. The van der Waals surface area contributed by atoms with Gasteiger partial charge < -0.3 is 10.1 Å². The molecule has 0 bridgehead atoms. The standard InChI is InChI=1S/C16H26N2O4S2/c1-13(2)22-10-5-8-17-16(19)14-6-3-9-18(12-14)24(20,21)15-7-4-11-23-15/h4,7,11,13-14H,3,5-6,8-10,12H2,1-2H3,(H,17,19)/t14-/m1/s1. The van der Waals surface area contributed by atoms with E-state index in [0.717, 1.165) is 12.8 Å². The van der Waals surface area contributed by atoms with E-state index in [4.69, 9.17) is 4.74 Å². The quantitative estimate of drug-likeness (QED) is 0.707. The molecule has 1 aliphatic rings. The van der Waals surface area contributed by atoms with Crippen LogP contribution in [-0.4, -0.2) is 51.0 Å². The molecule has 0 aliphatic carbocycles. The molecule has 24 heavy (non-hydrogen) atoms. The lowest BCUT2D eigenvalue weighted by atomic mass is 9.99. The van der Waals surface area contributed by atoms with E-state index in [0.29, 0.717) is 30.3 Å². The molecule has 0 aromatic carbocycles. The van der Waals surface area contributed by atoms with E-state index in [-0.39, 0.29) is 24.5 Å². The minimum atomic E-state index is -3.47. The fraction of sp³-hybridized carbons (Fsp3) is 0.688. The summed E-state index contributed by atoms with van der Waals surface area (Å²) < 4.78 is 32.4. The molecule has 1 aromatic rings. The molecule has 1 saturated heterocycles. The highest BCUT2D eigenvalue weighted by molar-refractivity contribution is 7.91. The summed E-state index contributed by atoms with van der Waals surface area (Å²) in [5.74, 6) is -0.342. The van der Waals surface area contributed by atoms with Gasteiger partial charge in [0, 0.05) is 26.2 Å². The van der Waals surface area contributed by atoms with Crippen molar-refractivity contribution in [1.29, 1.82) is 0 Å². The lowest BCUT2D eigenvalue weighted by molar-refractivity contribution is -0.126. The molecule has 0 radical (unpaired) electrons. The maximum absolute atomic E-state index is 12.6. The van der Waals surface area contributed by atoms with Crippen molar-refractivity contribution < 1.29 is 17.9 Å². The van der Waals surface area contributed by atoms with Crippen molar-refractivity contribution in [3.05, 3.63) is 17.5 Å². The third kappa shape index (κ3) is 5.27. The molecule has 1 amide bonds. The lowest BCUT2D eigenvalue weighted by Crippen LogP contribution is -2.45. The summed E-state index contributed by atoms with van der Waals surface area (Å²) in [6.45, 7) is 5.86. The fourth-order valence-corrected chi connectivity index (χ4v) is 5.33. The van der Waals surface area contributed by atoms with E-state index < -0.39 is 10.0 Å². The van der Waals surface area contributed by atoms with Gasteiger partial charge in [0.25, 0.3) is 10.0 Å². The molecule has 1 fully saturated rings. The van der Waals surface area contributed by atoms with Crippen LogP contribution in [0.3, 0.4) is 0 Å². The second-order valence-corrected chi connectivity index (χ2v) is 9.31. The number of nitrogens with one attached hydrogen (secondary N) is 1. The van der Waals surface area contributed by atoms with Gasteiger partial charge in [-0.3, -0.25) is 4.79 Å². The maximum Gasteiger partial charge on any atom is 0.252 e. The summed E-state index contributed by atoms with van der Waals surface area (Å²) in [5, 5.41) is 4.65. The Labute approximate surface area is 148 Å². The first-order valence-corrected chi connectivity index (χ1v) is 10.7. The Hall–Kier alpha value is -0.960. The van der Waals surface area contributed by atoms with Crippen LogP contribution in [0.2, 0.25) is 0 Å². The average Bonchev–Trinajstić information content (AvgIpc) is 3.09. The molecular formula is C16H26N2O4S2. The molecule has 0 saturated carbocycles. The number of carbonyl (C=O) groups excluding carboxylic acids is 1. The zero-order chi connectivity index (χ0) is 17.6. The average molecular weight is 375 g/mol. The number of nitrogens with zero attached hydrogens (tertiary/aromatic N) is 1. The summed E-state index contributed by atoms with van der Waals surface area (Å²) in [6, 6.07) is 3.34. The third-order valence-electron chi connectivity index (χ3n) is 3.92. The second kappa shape index (κ2) is 8.94. The molecule has 0 spiro atoms. The summed E-state index contributed by atoms with van der Waals surface area (Å²) in [7, 11) is -3.47. The van der Waals surface area contributed by atoms with Crippen molar-refractivity contribution >= 4 is 27.3 Å². The lowest BCUT2D eigenvalue weighted by Gasteiger charge is -2.30. The van der Waals surface area contributed by atoms with Crippen LogP contribution >= 0.6 is 11.3 Å². The highest BCUT2D eigenvalue weighted by Crippen LogP contribution is 2.26. The maximum atomic E-state index is 12.6. The van der Waals surface area contributed by atoms with Gasteiger partial charge in [0.15, 0.2) is 0 Å². The Morgan fingerprint density at radius 2 is 2.29 bits per heavy atom. The van der Waals surface area contributed by atoms with Gasteiger partial charge in [-0.05, 0) is 44.6 Å². The van der Waals surface area contributed by atoms with Gasteiger partial charge in [-0.15, -0.1) is 11.3 Å². The van der Waals surface area contributed by atoms with E-state index in [1.807, 2.05) is 13.8 Å². The first-order valence-electron chi connectivity index (χ1n) is 8.34. The number of hydrogen-bond acceptors (Lipinski definition) is 5. The van der Waals surface area contributed by atoms with Crippen molar-refractivity contribution in [2.24, 2.45) is 5.92 Å². The normalized spacial score (nSPS) is 19.5. The summed E-state index contributed by atoms with van der Waals surface area (Å²) in [6.07, 6.45) is 2.38. The van der Waals surface area contributed by atoms with Crippen LogP contribution in [0.5, 0.6) is 0 Å². The molecule has 1 aliphatic heterocycles. The highest BCUT2D eigenvalue weighted by atomic mass is 32.2.